The number of carbonyl (C=O) groups excluding carboxylic acids is 1. The summed E-state index contributed by atoms with van der Waals surface area (Å²) >= 11 is 3.53. The van der Waals surface area contributed by atoms with Gasteiger partial charge < -0.3 is 19.5 Å². The first-order valence-corrected chi connectivity index (χ1v) is 11.0. The SMILES string of the molecule is CCOc1ccc(NC(=O)c2cc(Br)c(OCc3ccc(C)cc3)c(OCC)c2)cc1. The van der Waals surface area contributed by atoms with Crippen LogP contribution in [0, 0.1) is 6.92 Å². The van der Waals surface area contributed by atoms with Crippen molar-refractivity contribution in [3.05, 3.63) is 81.8 Å². The van der Waals surface area contributed by atoms with E-state index in [0.717, 1.165) is 11.3 Å². The van der Waals surface area contributed by atoms with Crippen LogP contribution in [0.4, 0.5) is 5.69 Å². The maximum absolute atomic E-state index is 12.8. The van der Waals surface area contributed by atoms with E-state index >= 15 is 0 Å². The van der Waals surface area contributed by atoms with Gasteiger partial charge in [0.2, 0.25) is 0 Å². The number of anilines is 1. The molecule has 3 rings (SSSR count). The highest BCUT2D eigenvalue weighted by atomic mass is 79.9. The predicted molar refractivity (Wildman–Crippen MR) is 126 cm³/mol. The van der Waals surface area contributed by atoms with Crippen molar-refractivity contribution in [3.8, 4) is 17.2 Å². The third kappa shape index (κ3) is 6.25. The number of aryl methyl sites for hydroxylation is 1. The van der Waals surface area contributed by atoms with E-state index in [0.29, 0.717) is 47.0 Å². The predicted octanol–water partition coefficient (Wildman–Crippen LogP) is 6.39. The standard InChI is InChI=1S/C25H26BrNO4/c1-4-29-21-12-10-20(11-13-21)27-25(28)19-14-22(26)24(23(15-19)30-5-2)31-16-18-8-6-17(3)7-9-18/h6-15H,4-5,16H2,1-3H3,(H,27,28). The minimum atomic E-state index is -0.240. The molecule has 0 bridgehead atoms. The molecular formula is C25H26BrNO4. The number of halogens is 1. The molecule has 1 N–H and O–H groups in total. The van der Waals surface area contributed by atoms with Gasteiger partial charge in [0.05, 0.1) is 17.7 Å². The van der Waals surface area contributed by atoms with Gasteiger partial charge in [-0.25, -0.2) is 0 Å². The molecule has 0 saturated heterocycles. The molecule has 162 valence electrons. The van der Waals surface area contributed by atoms with Crippen molar-refractivity contribution < 1.29 is 19.0 Å². The summed E-state index contributed by atoms with van der Waals surface area (Å²) in [5.74, 6) is 1.61. The van der Waals surface area contributed by atoms with Crippen LogP contribution in [0.5, 0.6) is 17.2 Å². The van der Waals surface area contributed by atoms with E-state index in [-0.39, 0.29) is 5.91 Å². The summed E-state index contributed by atoms with van der Waals surface area (Å²) in [4.78, 5) is 12.8. The molecule has 3 aromatic carbocycles. The van der Waals surface area contributed by atoms with E-state index in [1.165, 1.54) is 5.56 Å². The lowest BCUT2D eigenvalue weighted by Gasteiger charge is -2.16. The first-order valence-electron chi connectivity index (χ1n) is 10.2. The Morgan fingerprint density at radius 1 is 0.903 bits per heavy atom. The number of hydrogen-bond donors (Lipinski definition) is 1. The molecular weight excluding hydrogens is 458 g/mol. The molecule has 31 heavy (non-hydrogen) atoms. The van der Waals surface area contributed by atoms with Gasteiger partial charge in [-0.15, -0.1) is 0 Å². The molecule has 0 unspecified atom stereocenters. The molecule has 1 amide bonds. The fraction of sp³-hybridized carbons (Fsp3) is 0.240. The van der Waals surface area contributed by atoms with E-state index in [2.05, 4.69) is 21.2 Å². The topological polar surface area (TPSA) is 56.8 Å². The molecule has 0 spiro atoms. The molecule has 0 saturated carbocycles. The molecule has 6 heteroatoms. The van der Waals surface area contributed by atoms with E-state index in [9.17, 15) is 4.79 Å². The largest absolute Gasteiger partial charge is 0.494 e. The van der Waals surface area contributed by atoms with E-state index in [1.807, 2.05) is 57.2 Å². The summed E-state index contributed by atoms with van der Waals surface area (Å²) in [6.45, 7) is 7.32. The van der Waals surface area contributed by atoms with Crippen LogP contribution in [0.15, 0.2) is 65.1 Å². The lowest BCUT2D eigenvalue weighted by molar-refractivity contribution is 0.102. The Morgan fingerprint density at radius 3 is 2.23 bits per heavy atom. The monoisotopic (exact) mass is 483 g/mol. The summed E-state index contributed by atoms with van der Waals surface area (Å²) in [6.07, 6.45) is 0. The molecule has 0 fully saturated rings. The average molecular weight is 484 g/mol. The van der Waals surface area contributed by atoms with Crippen molar-refractivity contribution in [1.29, 1.82) is 0 Å². The number of carbonyl (C=O) groups is 1. The molecule has 0 aliphatic heterocycles. The Labute approximate surface area is 191 Å². The van der Waals surface area contributed by atoms with Crippen molar-refractivity contribution in [2.24, 2.45) is 0 Å². The lowest BCUT2D eigenvalue weighted by Crippen LogP contribution is -2.12. The van der Waals surface area contributed by atoms with Crippen molar-refractivity contribution in [3.63, 3.8) is 0 Å². The Kier molecular flexibility index (Phi) is 7.95. The summed E-state index contributed by atoms with van der Waals surface area (Å²) in [7, 11) is 0. The maximum Gasteiger partial charge on any atom is 0.255 e. The van der Waals surface area contributed by atoms with Crippen molar-refractivity contribution in [2.45, 2.75) is 27.4 Å². The first kappa shape index (κ1) is 22.7. The molecule has 3 aromatic rings. The van der Waals surface area contributed by atoms with E-state index < -0.39 is 0 Å². The van der Waals surface area contributed by atoms with Crippen LogP contribution in [0.3, 0.4) is 0 Å². The Hall–Kier alpha value is -2.99. The Morgan fingerprint density at radius 2 is 1.58 bits per heavy atom. The van der Waals surface area contributed by atoms with Crippen LogP contribution in [0.2, 0.25) is 0 Å². The van der Waals surface area contributed by atoms with Crippen molar-refractivity contribution in [1.82, 2.24) is 0 Å². The summed E-state index contributed by atoms with van der Waals surface area (Å²) in [6, 6.07) is 18.8. The fourth-order valence-corrected chi connectivity index (χ4v) is 3.50. The average Bonchev–Trinajstić information content (AvgIpc) is 2.76. The second-order valence-corrected chi connectivity index (χ2v) is 7.76. The smallest absolute Gasteiger partial charge is 0.255 e. The second-order valence-electron chi connectivity index (χ2n) is 6.90. The van der Waals surface area contributed by atoms with Crippen molar-refractivity contribution >= 4 is 27.5 Å². The van der Waals surface area contributed by atoms with Gasteiger partial charge in [-0.1, -0.05) is 29.8 Å². The highest BCUT2D eigenvalue weighted by Gasteiger charge is 2.16. The van der Waals surface area contributed by atoms with Gasteiger partial charge in [0.1, 0.15) is 12.4 Å². The number of hydrogen-bond acceptors (Lipinski definition) is 4. The van der Waals surface area contributed by atoms with Gasteiger partial charge in [-0.3, -0.25) is 4.79 Å². The van der Waals surface area contributed by atoms with Gasteiger partial charge in [0.25, 0.3) is 5.91 Å². The van der Waals surface area contributed by atoms with Gasteiger partial charge in [-0.2, -0.15) is 0 Å². The number of rotatable bonds is 9. The summed E-state index contributed by atoms with van der Waals surface area (Å²) < 4.78 is 17.9. The molecule has 0 aliphatic rings. The second kappa shape index (κ2) is 10.9. The highest BCUT2D eigenvalue weighted by molar-refractivity contribution is 9.10. The lowest BCUT2D eigenvalue weighted by atomic mass is 10.1. The van der Waals surface area contributed by atoms with Crippen LogP contribution in [-0.2, 0) is 6.61 Å². The minimum absolute atomic E-state index is 0.240. The van der Waals surface area contributed by atoms with Gasteiger partial charge >= 0.3 is 0 Å². The number of benzene rings is 3. The highest BCUT2D eigenvalue weighted by Crippen LogP contribution is 2.37. The molecule has 5 nitrogen and oxygen atoms in total. The molecule has 0 radical (unpaired) electrons. The zero-order valence-electron chi connectivity index (χ0n) is 17.9. The van der Waals surface area contributed by atoms with Crippen LogP contribution < -0.4 is 19.5 Å². The minimum Gasteiger partial charge on any atom is -0.494 e. The van der Waals surface area contributed by atoms with Crippen LogP contribution in [0.25, 0.3) is 0 Å². The van der Waals surface area contributed by atoms with Crippen LogP contribution in [0.1, 0.15) is 35.3 Å². The van der Waals surface area contributed by atoms with Gasteiger partial charge in [-0.05, 0) is 78.7 Å². The van der Waals surface area contributed by atoms with Crippen LogP contribution >= 0.6 is 15.9 Å². The summed E-state index contributed by atoms with van der Waals surface area (Å²) in [5, 5.41) is 2.89. The number of ether oxygens (including phenoxy) is 3. The van der Waals surface area contributed by atoms with Gasteiger partial charge in [0.15, 0.2) is 11.5 Å². The Bertz CT molecular complexity index is 1020. The third-order valence-electron chi connectivity index (χ3n) is 4.50. The molecule has 0 atom stereocenters. The molecule has 0 aromatic heterocycles. The quantitative estimate of drug-likeness (QED) is 0.383. The fourth-order valence-electron chi connectivity index (χ4n) is 2.95. The number of nitrogens with one attached hydrogen (secondary N) is 1. The maximum atomic E-state index is 12.8. The van der Waals surface area contributed by atoms with E-state index in [4.69, 9.17) is 14.2 Å². The third-order valence-corrected chi connectivity index (χ3v) is 5.09. The molecule has 0 heterocycles. The summed E-state index contributed by atoms with van der Waals surface area (Å²) in [5.41, 5.74) is 3.40. The first-order chi connectivity index (χ1) is 15.0. The van der Waals surface area contributed by atoms with Gasteiger partial charge in [0, 0.05) is 11.3 Å². The normalized spacial score (nSPS) is 10.5. The molecule has 0 aliphatic carbocycles. The zero-order valence-corrected chi connectivity index (χ0v) is 19.5. The van der Waals surface area contributed by atoms with Crippen molar-refractivity contribution in [2.75, 3.05) is 18.5 Å². The van der Waals surface area contributed by atoms with Crippen LogP contribution in [-0.4, -0.2) is 19.1 Å². The number of amides is 1. The van der Waals surface area contributed by atoms with E-state index in [1.54, 1.807) is 24.3 Å². The zero-order chi connectivity index (χ0) is 22.2. The Balaban J connectivity index is 1.76.